The van der Waals surface area contributed by atoms with Gasteiger partial charge in [-0.1, -0.05) is 33.1 Å². The van der Waals surface area contributed by atoms with Crippen molar-refractivity contribution in [2.75, 3.05) is 19.6 Å². The fourth-order valence-electron chi connectivity index (χ4n) is 3.39. The Labute approximate surface area is 125 Å². The van der Waals surface area contributed by atoms with Crippen LogP contribution in [-0.4, -0.2) is 30.4 Å². The van der Waals surface area contributed by atoms with Crippen LogP contribution in [0.25, 0.3) is 0 Å². The molecule has 1 amide bonds. The van der Waals surface area contributed by atoms with Crippen LogP contribution >= 0.6 is 0 Å². The maximum absolute atomic E-state index is 12.4. The minimum Gasteiger partial charge on any atom is -0.343 e. The van der Waals surface area contributed by atoms with Crippen LogP contribution in [0.15, 0.2) is 0 Å². The Morgan fingerprint density at radius 1 is 1.20 bits per heavy atom. The molecule has 0 aliphatic carbocycles. The van der Waals surface area contributed by atoms with Crippen LogP contribution in [0.4, 0.5) is 0 Å². The molecule has 0 aromatic rings. The summed E-state index contributed by atoms with van der Waals surface area (Å²) in [6.07, 6.45) is 10.2. The van der Waals surface area contributed by atoms with Crippen LogP contribution in [0.1, 0.15) is 71.6 Å². The standard InChI is InChI=1S/C17H34N2O/c1-3-6-16(10-12-18)8-9-17(20)19-13-5-7-15(4-2)11-14-19/h15-16H,3-14,18H2,1-2H3. The molecule has 0 saturated carbocycles. The molecule has 0 aromatic carbocycles. The van der Waals surface area contributed by atoms with Crippen molar-refractivity contribution in [3.8, 4) is 0 Å². The van der Waals surface area contributed by atoms with Crippen molar-refractivity contribution in [2.45, 2.75) is 71.6 Å². The molecule has 20 heavy (non-hydrogen) atoms. The third kappa shape index (κ3) is 6.25. The Kier molecular flexibility index (Phi) is 8.92. The zero-order valence-electron chi connectivity index (χ0n) is 13.6. The second kappa shape index (κ2) is 10.2. The molecule has 0 radical (unpaired) electrons. The fourth-order valence-corrected chi connectivity index (χ4v) is 3.39. The van der Waals surface area contributed by atoms with Gasteiger partial charge >= 0.3 is 0 Å². The monoisotopic (exact) mass is 282 g/mol. The molecule has 0 spiro atoms. The number of carbonyl (C=O) groups excluding carboxylic acids is 1. The van der Waals surface area contributed by atoms with Gasteiger partial charge in [0, 0.05) is 19.5 Å². The van der Waals surface area contributed by atoms with E-state index in [1.807, 2.05) is 0 Å². The van der Waals surface area contributed by atoms with Gasteiger partial charge in [-0.3, -0.25) is 4.79 Å². The second-order valence-corrected chi connectivity index (χ2v) is 6.36. The summed E-state index contributed by atoms with van der Waals surface area (Å²) in [5.41, 5.74) is 5.66. The molecule has 0 aromatic heterocycles. The number of amides is 1. The van der Waals surface area contributed by atoms with Crippen LogP contribution in [-0.2, 0) is 4.79 Å². The highest BCUT2D eigenvalue weighted by atomic mass is 16.2. The molecule has 3 nitrogen and oxygen atoms in total. The molecule has 1 fully saturated rings. The van der Waals surface area contributed by atoms with E-state index >= 15 is 0 Å². The molecule has 0 bridgehead atoms. The molecule has 2 atom stereocenters. The van der Waals surface area contributed by atoms with Crippen molar-refractivity contribution in [3.63, 3.8) is 0 Å². The molecular weight excluding hydrogens is 248 g/mol. The van der Waals surface area contributed by atoms with Gasteiger partial charge in [0.05, 0.1) is 0 Å². The van der Waals surface area contributed by atoms with E-state index < -0.39 is 0 Å². The Balaban J connectivity index is 2.33. The summed E-state index contributed by atoms with van der Waals surface area (Å²) in [5, 5.41) is 0. The van der Waals surface area contributed by atoms with Crippen molar-refractivity contribution in [2.24, 2.45) is 17.6 Å². The van der Waals surface area contributed by atoms with Crippen molar-refractivity contribution >= 4 is 5.91 Å². The molecule has 2 N–H and O–H groups in total. The number of rotatable bonds is 8. The number of nitrogens with two attached hydrogens (primary N) is 1. The lowest BCUT2D eigenvalue weighted by Gasteiger charge is -2.22. The predicted octanol–water partition coefficient (Wildman–Crippen LogP) is 3.57. The molecule has 1 aliphatic rings. The zero-order valence-corrected chi connectivity index (χ0v) is 13.6. The average molecular weight is 282 g/mol. The second-order valence-electron chi connectivity index (χ2n) is 6.36. The fraction of sp³-hybridized carbons (Fsp3) is 0.941. The average Bonchev–Trinajstić information content (AvgIpc) is 2.70. The van der Waals surface area contributed by atoms with E-state index in [0.29, 0.717) is 11.8 Å². The van der Waals surface area contributed by atoms with Gasteiger partial charge in [-0.05, 0) is 50.5 Å². The minimum atomic E-state index is 0.375. The first-order valence-corrected chi connectivity index (χ1v) is 8.69. The Hall–Kier alpha value is -0.570. The van der Waals surface area contributed by atoms with E-state index in [2.05, 4.69) is 18.7 Å². The topological polar surface area (TPSA) is 46.3 Å². The van der Waals surface area contributed by atoms with E-state index in [1.165, 1.54) is 38.5 Å². The first-order chi connectivity index (χ1) is 9.71. The lowest BCUT2D eigenvalue weighted by atomic mass is 9.94. The van der Waals surface area contributed by atoms with Gasteiger partial charge in [-0.2, -0.15) is 0 Å². The van der Waals surface area contributed by atoms with Crippen molar-refractivity contribution in [1.29, 1.82) is 0 Å². The van der Waals surface area contributed by atoms with Crippen LogP contribution in [0, 0.1) is 11.8 Å². The number of likely N-dealkylation sites (tertiary alicyclic amines) is 1. The van der Waals surface area contributed by atoms with E-state index in [9.17, 15) is 4.79 Å². The van der Waals surface area contributed by atoms with Gasteiger partial charge in [0.2, 0.25) is 5.91 Å². The van der Waals surface area contributed by atoms with Crippen LogP contribution < -0.4 is 5.73 Å². The number of carbonyl (C=O) groups is 1. The smallest absolute Gasteiger partial charge is 0.222 e. The first-order valence-electron chi connectivity index (χ1n) is 8.69. The number of hydrogen-bond donors (Lipinski definition) is 1. The molecule has 118 valence electrons. The first kappa shape index (κ1) is 17.5. The molecule has 1 rings (SSSR count). The van der Waals surface area contributed by atoms with Gasteiger partial charge in [0.15, 0.2) is 0 Å². The summed E-state index contributed by atoms with van der Waals surface area (Å²) >= 11 is 0. The SMILES string of the molecule is CCCC(CCN)CCC(=O)N1CCCC(CC)CC1. The summed E-state index contributed by atoms with van der Waals surface area (Å²) in [4.78, 5) is 14.5. The van der Waals surface area contributed by atoms with Crippen molar-refractivity contribution < 1.29 is 4.79 Å². The summed E-state index contributed by atoms with van der Waals surface area (Å²) in [5.74, 6) is 1.85. The number of nitrogens with zero attached hydrogens (tertiary/aromatic N) is 1. The predicted molar refractivity (Wildman–Crippen MR) is 85.5 cm³/mol. The number of hydrogen-bond acceptors (Lipinski definition) is 2. The van der Waals surface area contributed by atoms with E-state index in [0.717, 1.165) is 44.8 Å². The van der Waals surface area contributed by atoms with Gasteiger partial charge in [0.25, 0.3) is 0 Å². The lowest BCUT2D eigenvalue weighted by molar-refractivity contribution is -0.131. The van der Waals surface area contributed by atoms with Crippen molar-refractivity contribution in [3.05, 3.63) is 0 Å². The summed E-state index contributed by atoms with van der Waals surface area (Å²) < 4.78 is 0. The highest BCUT2D eigenvalue weighted by molar-refractivity contribution is 5.76. The van der Waals surface area contributed by atoms with Crippen LogP contribution in [0.5, 0.6) is 0 Å². The zero-order chi connectivity index (χ0) is 14.8. The third-order valence-corrected chi connectivity index (χ3v) is 4.82. The minimum absolute atomic E-state index is 0.375. The maximum Gasteiger partial charge on any atom is 0.222 e. The van der Waals surface area contributed by atoms with Gasteiger partial charge in [-0.15, -0.1) is 0 Å². The maximum atomic E-state index is 12.4. The molecule has 1 aliphatic heterocycles. The van der Waals surface area contributed by atoms with Gasteiger partial charge in [0.1, 0.15) is 0 Å². The molecule has 1 saturated heterocycles. The molecule has 2 unspecified atom stereocenters. The van der Waals surface area contributed by atoms with E-state index in [1.54, 1.807) is 0 Å². The van der Waals surface area contributed by atoms with Gasteiger partial charge < -0.3 is 10.6 Å². The summed E-state index contributed by atoms with van der Waals surface area (Å²) in [7, 11) is 0. The van der Waals surface area contributed by atoms with Crippen LogP contribution in [0.3, 0.4) is 0 Å². The molecule has 3 heteroatoms. The highest BCUT2D eigenvalue weighted by Crippen LogP contribution is 2.22. The molecular formula is C17H34N2O. The lowest BCUT2D eigenvalue weighted by Crippen LogP contribution is -2.32. The van der Waals surface area contributed by atoms with Crippen molar-refractivity contribution in [1.82, 2.24) is 4.90 Å². The third-order valence-electron chi connectivity index (χ3n) is 4.82. The quantitative estimate of drug-likeness (QED) is 0.740. The molecule has 1 heterocycles. The Morgan fingerprint density at radius 3 is 2.65 bits per heavy atom. The summed E-state index contributed by atoms with van der Waals surface area (Å²) in [6.45, 7) is 7.19. The normalized spacial score (nSPS) is 21.6. The van der Waals surface area contributed by atoms with E-state index in [-0.39, 0.29) is 0 Å². The van der Waals surface area contributed by atoms with Gasteiger partial charge in [-0.25, -0.2) is 0 Å². The highest BCUT2D eigenvalue weighted by Gasteiger charge is 2.20. The Bertz CT molecular complexity index is 262. The van der Waals surface area contributed by atoms with E-state index in [4.69, 9.17) is 5.73 Å². The largest absolute Gasteiger partial charge is 0.343 e. The Morgan fingerprint density at radius 2 is 2.00 bits per heavy atom. The summed E-state index contributed by atoms with van der Waals surface area (Å²) in [6, 6.07) is 0. The van der Waals surface area contributed by atoms with Crippen LogP contribution in [0.2, 0.25) is 0 Å².